The summed E-state index contributed by atoms with van der Waals surface area (Å²) in [5.74, 6) is 0.191. The number of alkyl halides is 3. The molecule has 2 atom stereocenters. The van der Waals surface area contributed by atoms with E-state index in [1.54, 1.807) is 25.7 Å². The fourth-order valence-corrected chi connectivity index (χ4v) is 3.00. The maximum Gasteiger partial charge on any atom is 0.416 e. The third-order valence-electron chi connectivity index (χ3n) is 4.20. The molecule has 27 heavy (non-hydrogen) atoms. The van der Waals surface area contributed by atoms with Crippen LogP contribution < -0.4 is 4.74 Å². The Morgan fingerprint density at radius 3 is 2.26 bits per heavy atom. The van der Waals surface area contributed by atoms with E-state index < -0.39 is 23.4 Å². The first kappa shape index (κ1) is 21.3. The number of carbonyl (C=O) groups excluding carboxylic acids is 1. The monoisotopic (exact) mass is 389 g/mol. The maximum atomic E-state index is 12.6. The molecule has 5 nitrogen and oxygen atoms in total. The highest BCUT2D eigenvalue weighted by molar-refractivity contribution is 5.68. The summed E-state index contributed by atoms with van der Waals surface area (Å²) in [6.45, 7) is 6.34. The Hall–Kier alpha value is -1.96. The Morgan fingerprint density at radius 1 is 1.15 bits per heavy atom. The topological polar surface area (TPSA) is 59.0 Å². The Balaban J connectivity index is 1.95. The molecule has 0 bridgehead atoms. The highest BCUT2D eigenvalue weighted by atomic mass is 19.4. The summed E-state index contributed by atoms with van der Waals surface area (Å²) in [5.41, 5.74) is -1.35. The number of carbonyl (C=O) groups is 1. The van der Waals surface area contributed by atoms with Gasteiger partial charge in [-0.3, -0.25) is 0 Å². The van der Waals surface area contributed by atoms with E-state index >= 15 is 0 Å². The standard InChI is InChI=1S/C19H26F3NO4/c1-18(2,3)27-17(25)23-9-13(11-24)8-14(10-23)12-26-16-6-4-15(5-7-16)19(20,21)22/h4-7,13-14,24H,8-12H2,1-3H3. The molecule has 1 heterocycles. The van der Waals surface area contributed by atoms with Gasteiger partial charge in [-0.15, -0.1) is 0 Å². The van der Waals surface area contributed by atoms with Crippen molar-refractivity contribution >= 4 is 6.09 Å². The number of ether oxygens (including phenoxy) is 2. The lowest BCUT2D eigenvalue weighted by atomic mass is 9.90. The summed E-state index contributed by atoms with van der Waals surface area (Å²) in [4.78, 5) is 13.9. The van der Waals surface area contributed by atoms with E-state index in [-0.39, 0.29) is 25.0 Å². The number of aliphatic hydroxyl groups is 1. The van der Waals surface area contributed by atoms with Crippen molar-refractivity contribution in [2.45, 2.75) is 39.0 Å². The lowest BCUT2D eigenvalue weighted by molar-refractivity contribution is -0.137. The molecule has 1 amide bonds. The van der Waals surface area contributed by atoms with Crippen LogP contribution in [0.3, 0.4) is 0 Å². The molecule has 1 saturated heterocycles. The van der Waals surface area contributed by atoms with Crippen molar-refractivity contribution in [3.63, 3.8) is 0 Å². The number of halogens is 3. The maximum absolute atomic E-state index is 12.6. The largest absolute Gasteiger partial charge is 0.493 e. The Labute approximate surface area is 157 Å². The van der Waals surface area contributed by atoms with Crippen molar-refractivity contribution in [3.05, 3.63) is 29.8 Å². The molecule has 1 aliphatic rings. The SMILES string of the molecule is CC(C)(C)OC(=O)N1CC(CO)CC(COc2ccc(C(F)(F)F)cc2)C1. The molecule has 2 unspecified atom stereocenters. The van der Waals surface area contributed by atoms with Crippen LogP contribution >= 0.6 is 0 Å². The van der Waals surface area contributed by atoms with Crippen LogP contribution in [-0.2, 0) is 10.9 Å². The molecular formula is C19H26F3NO4. The van der Waals surface area contributed by atoms with Gasteiger partial charge in [-0.05, 0) is 51.5 Å². The first-order valence-electron chi connectivity index (χ1n) is 8.87. The van der Waals surface area contributed by atoms with Gasteiger partial charge in [-0.1, -0.05) is 0 Å². The third kappa shape index (κ3) is 6.61. The lowest BCUT2D eigenvalue weighted by Crippen LogP contribution is -2.48. The Kier molecular flexibility index (Phi) is 6.62. The van der Waals surface area contributed by atoms with Gasteiger partial charge in [0.05, 0.1) is 12.2 Å². The predicted octanol–water partition coefficient (Wildman–Crippen LogP) is 3.95. The zero-order valence-corrected chi connectivity index (χ0v) is 15.8. The number of likely N-dealkylation sites (tertiary alicyclic amines) is 1. The van der Waals surface area contributed by atoms with Gasteiger partial charge in [0.25, 0.3) is 0 Å². The first-order valence-corrected chi connectivity index (χ1v) is 8.87. The number of benzene rings is 1. The molecule has 1 aromatic carbocycles. The Bertz CT molecular complexity index is 625. The van der Waals surface area contributed by atoms with E-state index in [1.165, 1.54) is 12.1 Å². The summed E-state index contributed by atoms with van der Waals surface area (Å²) < 4.78 is 48.8. The quantitative estimate of drug-likeness (QED) is 0.847. The van der Waals surface area contributed by atoms with Crippen LogP contribution in [0.1, 0.15) is 32.8 Å². The molecule has 0 spiro atoms. The number of piperidine rings is 1. The van der Waals surface area contributed by atoms with Crippen molar-refractivity contribution in [1.82, 2.24) is 4.90 Å². The number of hydrogen-bond acceptors (Lipinski definition) is 4. The predicted molar refractivity (Wildman–Crippen MR) is 93.4 cm³/mol. The highest BCUT2D eigenvalue weighted by Crippen LogP contribution is 2.30. The zero-order chi connectivity index (χ0) is 20.2. The van der Waals surface area contributed by atoms with Crippen molar-refractivity contribution < 1.29 is 32.5 Å². The van der Waals surface area contributed by atoms with Gasteiger partial charge in [-0.2, -0.15) is 13.2 Å². The minimum Gasteiger partial charge on any atom is -0.493 e. The van der Waals surface area contributed by atoms with Gasteiger partial charge in [0, 0.05) is 31.5 Å². The molecule has 8 heteroatoms. The number of hydrogen-bond donors (Lipinski definition) is 1. The third-order valence-corrected chi connectivity index (χ3v) is 4.20. The van der Waals surface area contributed by atoms with Crippen molar-refractivity contribution in [3.8, 4) is 5.75 Å². The minimum atomic E-state index is -4.38. The van der Waals surface area contributed by atoms with Crippen LogP contribution in [0.5, 0.6) is 5.75 Å². The molecule has 2 rings (SSSR count). The van der Waals surface area contributed by atoms with E-state index in [2.05, 4.69) is 0 Å². The van der Waals surface area contributed by atoms with Crippen molar-refractivity contribution in [2.75, 3.05) is 26.3 Å². The van der Waals surface area contributed by atoms with Crippen LogP contribution in [0.25, 0.3) is 0 Å². The molecule has 0 aromatic heterocycles. The molecule has 0 saturated carbocycles. The number of aliphatic hydroxyl groups excluding tert-OH is 1. The van der Waals surface area contributed by atoms with Crippen LogP contribution in [0.4, 0.5) is 18.0 Å². The number of nitrogens with zero attached hydrogens (tertiary/aromatic N) is 1. The second-order valence-electron chi connectivity index (χ2n) is 7.87. The average Bonchev–Trinajstić information content (AvgIpc) is 2.57. The minimum absolute atomic E-state index is 0.0503. The van der Waals surface area contributed by atoms with Gasteiger partial charge in [0.2, 0.25) is 0 Å². The Morgan fingerprint density at radius 2 is 1.74 bits per heavy atom. The van der Waals surface area contributed by atoms with Crippen LogP contribution in [-0.4, -0.2) is 48.0 Å². The van der Waals surface area contributed by atoms with E-state index in [4.69, 9.17) is 9.47 Å². The van der Waals surface area contributed by atoms with Gasteiger partial charge in [0.15, 0.2) is 0 Å². The fourth-order valence-electron chi connectivity index (χ4n) is 3.00. The number of rotatable bonds is 4. The zero-order valence-electron chi connectivity index (χ0n) is 15.8. The number of amides is 1. The molecule has 0 radical (unpaired) electrons. The van der Waals surface area contributed by atoms with Crippen molar-refractivity contribution in [1.29, 1.82) is 0 Å². The smallest absolute Gasteiger partial charge is 0.416 e. The lowest BCUT2D eigenvalue weighted by Gasteiger charge is -2.37. The summed E-state index contributed by atoms with van der Waals surface area (Å²) in [5, 5.41) is 9.51. The van der Waals surface area contributed by atoms with E-state index in [0.717, 1.165) is 12.1 Å². The van der Waals surface area contributed by atoms with E-state index in [0.29, 0.717) is 25.3 Å². The molecule has 1 aromatic rings. The molecule has 0 aliphatic carbocycles. The van der Waals surface area contributed by atoms with E-state index in [1.807, 2.05) is 0 Å². The fraction of sp³-hybridized carbons (Fsp3) is 0.632. The summed E-state index contributed by atoms with van der Waals surface area (Å²) in [7, 11) is 0. The van der Waals surface area contributed by atoms with Crippen molar-refractivity contribution in [2.24, 2.45) is 11.8 Å². The summed E-state index contributed by atoms with van der Waals surface area (Å²) in [6.07, 6.45) is -4.17. The molecule has 1 fully saturated rings. The molecular weight excluding hydrogens is 363 g/mol. The summed E-state index contributed by atoms with van der Waals surface area (Å²) >= 11 is 0. The molecule has 1 aliphatic heterocycles. The first-order chi connectivity index (χ1) is 12.5. The molecule has 1 N–H and O–H groups in total. The van der Waals surface area contributed by atoms with Gasteiger partial charge in [-0.25, -0.2) is 4.79 Å². The normalized spacial score (nSPS) is 21.1. The highest BCUT2D eigenvalue weighted by Gasteiger charge is 2.33. The summed E-state index contributed by atoms with van der Waals surface area (Å²) in [6, 6.07) is 4.50. The van der Waals surface area contributed by atoms with Gasteiger partial charge >= 0.3 is 12.3 Å². The van der Waals surface area contributed by atoms with Crippen LogP contribution in [0.15, 0.2) is 24.3 Å². The van der Waals surface area contributed by atoms with Gasteiger partial charge in [0.1, 0.15) is 11.4 Å². The van der Waals surface area contributed by atoms with Gasteiger partial charge < -0.3 is 19.5 Å². The molecule has 152 valence electrons. The van der Waals surface area contributed by atoms with Crippen LogP contribution in [0.2, 0.25) is 0 Å². The second kappa shape index (κ2) is 8.37. The van der Waals surface area contributed by atoms with Crippen LogP contribution in [0, 0.1) is 11.8 Å². The van der Waals surface area contributed by atoms with E-state index in [9.17, 15) is 23.1 Å². The second-order valence-corrected chi connectivity index (χ2v) is 7.87. The average molecular weight is 389 g/mol.